The second-order valence-electron chi connectivity index (χ2n) is 10.1. The molecule has 1 rings (SSSR count). The number of unbranched alkanes of at least 4 members (excludes halogenated alkanes) is 1. The number of aliphatic hydroxyl groups excluding tert-OH is 1. The van der Waals surface area contributed by atoms with Crippen LogP contribution in [0.5, 0.6) is 0 Å². The molecule has 0 aromatic heterocycles. The van der Waals surface area contributed by atoms with Crippen LogP contribution in [-0.2, 0) is 4.94 Å². The van der Waals surface area contributed by atoms with E-state index in [0.29, 0.717) is 0 Å². The summed E-state index contributed by atoms with van der Waals surface area (Å²) < 4.78 is 12.4. The van der Waals surface area contributed by atoms with E-state index < -0.39 is 5.60 Å². The van der Waals surface area contributed by atoms with Crippen LogP contribution >= 0.6 is 0 Å². The van der Waals surface area contributed by atoms with Crippen LogP contribution in [0.2, 0.25) is 0 Å². The fourth-order valence-corrected chi connectivity index (χ4v) is 4.64. The first-order valence-corrected chi connectivity index (χ1v) is 14.4. The molecular weight excluding hydrogens is 435 g/mol. The Morgan fingerprint density at radius 1 is 1.03 bits per heavy atom. The summed E-state index contributed by atoms with van der Waals surface area (Å²) >= 11 is 0. The molecular formula is C32H67FO2. The first-order chi connectivity index (χ1) is 16.3. The maximum Gasteiger partial charge on any atom is 0.103 e. The van der Waals surface area contributed by atoms with Gasteiger partial charge in [0.1, 0.15) is 5.60 Å². The van der Waals surface area contributed by atoms with Crippen molar-refractivity contribution in [3.63, 3.8) is 0 Å². The first kappa shape index (κ1) is 41.5. The number of hydrogen-bond acceptors (Lipinski definition) is 2. The average molecular weight is 503 g/mol. The Balaban J connectivity index is -0.000000312. The maximum atomic E-state index is 12.4. The highest BCUT2D eigenvalue weighted by molar-refractivity contribution is 5.02. The van der Waals surface area contributed by atoms with Crippen molar-refractivity contribution in [3.8, 4) is 0 Å². The van der Waals surface area contributed by atoms with Crippen molar-refractivity contribution in [2.75, 3.05) is 7.11 Å². The van der Waals surface area contributed by atoms with Crippen molar-refractivity contribution < 1.29 is 14.6 Å². The van der Waals surface area contributed by atoms with E-state index >= 15 is 0 Å². The van der Waals surface area contributed by atoms with Gasteiger partial charge in [-0.15, -0.1) is 0 Å². The smallest absolute Gasteiger partial charge is 0.103 e. The van der Waals surface area contributed by atoms with Crippen molar-refractivity contribution in [3.05, 3.63) is 23.8 Å². The highest BCUT2D eigenvalue weighted by atomic mass is 19.3. The minimum absolute atomic E-state index is 0. The van der Waals surface area contributed by atoms with Gasteiger partial charge in [-0.1, -0.05) is 111 Å². The first-order valence-electron chi connectivity index (χ1n) is 14.4. The van der Waals surface area contributed by atoms with Gasteiger partial charge in [0.15, 0.2) is 0 Å². The summed E-state index contributed by atoms with van der Waals surface area (Å²) in [4.78, 5) is 4.03. The zero-order valence-electron chi connectivity index (χ0n) is 24.8. The third kappa shape index (κ3) is 26.2. The van der Waals surface area contributed by atoms with Crippen LogP contribution in [0.15, 0.2) is 23.8 Å². The minimum atomic E-state index is -0.607. The minimum Gasteiger partial charge on any atom is -0.400 e. The Morgan fingerprint density at radius 3 is 2.00 bits per heavy atom. The van der Waals surface area contributed by atoms with Gasteiger partial charge in [0, 0.05) is 7.11 Å². The number of allylic oxidation sites excluding steroid dienone is 3. The van der Waals surface area contributed by atoms with Gasteiger partial charge in [0.2, 0.25) is 0 Å². The van der Waals surface area contributed by atoms with Gasteiger partial charge in [0.05, 0.1) is 0 Å². The molecule has 0 bridgehead atoms. The third-order valence-corrected chi connectivity index (χ3v) is 6.55. The normalized spacial score (nSPS) is 19.1. The van der Waals surface area contributed by atoms with Crippen LogP contribution < -0.4 is 0 Å². The molecule has 1 aliphatic carbocycles. The Hall–Kier alpha value is -0.670. The molecule has 0 spiro atoms. The lowest BCUT2D eigenvalue weighted by Gasteiger charge is -2.24. The summed E-state index contributed by atoms with van der Waals surface area (Å²) in [5.41, 5.74) is 2.50. The summed E-state index contributed by atoms with van der Waals surface area (Å²) in [6.45, 7) is 20.7. The summed E-state index contributed by atoms with van der Waals surface area (Å²) in [7, 11) is 1.00. The summed E-state index contributed by atoms with van der Waals surface area (Å²) in [6, 6.07) is 0. The Kier molecular flexibility index (Phi) is 35.0. The van der Waals surface area contributed by atoms with E-state index in [0.717, 1.165) is 31.8 Å². The van der Waals surface area contributed by atoms with Gasteiger partial charge in [-0.2, -0.15) is 4.94 Å². The van der Waals surface area contributed by atoms with E-state index in [9.17, 15) is 4.53 Å². The number of rotatable bonds is 11. The molecule has 214 valence electrons. The molecule has 1 saturated carbocycles. The van der Waals surface area contributed by atoms with Crippen molar-refractivity contribution in [1.82, 2.24) is 0 Å². The molecule has 2 unspecified atom stereocenters. The standard InChI is InChI=1S/C20H37FO.C8H16.C2H6.CH4O.CH4/c1-5-10-18-12-8-11-17(2)19(15-9-13-18)14-6-7-16-20(3,4)22-21;1-4-6-8(3)7-5-2;2*1-2;/h10,17,19H,5-9,11-16H2,1-4H3;3-7H2,1-2H3;1-2H3;2H,1H3;1H4/b18-10+;;;;. The SMILES string of the molecule is C.C=C(CCC)CCC.CC.CC/C=C1\CCCC(C)C(CCCCC(C)(C)OF)CCC1.CO. The molecule has 1 N–H and O–H groups in total. The fraction of sp³-hybridized carbons (Fsp3) is 0.875. The molecule has 0 aromatic carbocycles. The molecule has 1 fully saturated rings. The van der Waals surface area contributed by atoms with Crippen LogP contribution in [0.4, 0.5) is 4.53 Å². The van der Waals surface area contributed by atoms with Crippen LogP contribution in [0.1, 0.15) is 159 Å². The molecule has 35 heavy (non-hydrogen) atoms. The van der Waals surface area contributed by atoms with Crippen molar-refractivity contribution in [2.45, 2.75) is 165 Å². The Morgan fingerprint density at radius 2 is 1.54 bits per heavy atom. The van der Waals surface area contributed by atoms with E-state index in [2.05, 4.69) is 45.3 Å². The van der Waals surface area contributed by atoms with Crippen molar-refractivity contribution >= 4 is 0 Å². The second kappa shape index (κ2) is 29.6. The Bertz CT molecular complexity index is 448. The molecule has 0 heterocycles. The van der Waals surface area contributed by atoms with Crippen LogP contribution in [0.3, 0.4) is 0 Å². The lowest BCUT2D eigenvalue weighted by molar-refractivity contribution is -0.224. The summed E-state index contributed by atoms with van der Waals surface area (Å²) in [6.07, 6.45) is 21.0. The van der Waals surface area contributed by atoms with E-state index in [-0.39, 0.29) is 7.43 Å². The molecule has 0 radical (unpaired) electrons. The largest absolute Gasteiger partial charge is 0.400 e. The molecule has 0 amide bonds. The van der Waals surface area contributed by atoms with E-state index in [1.165, 1.54) is 89.0 Å². The number of aliphatic hydroxyl groups is 1. The maximum absolute atomic E-state index is 12.4. The predicted molar refractivity (Wildman–Crippen MR) is 159 cm³/mol. The summed E-state index contributed by atoms with van der Waals surface area (Å²) in [5.74, 6) is 1.70. The molecule has 2 atom stereocenters. The molecule has 0 saturated heterocycles. The van der Waals surface area contributed by atoms with Gasteiger partial charge in [-0.05, 0) is 88.0 Å². The van der Waals surface area contributed by atoms with E-state index in [1.807, 2.05) is 27.7 Å². The van der Waals surface area contributed by atoms with Gasteiger partial charge in [0.25, 0.3) is 0 Å². The molecule has 1 aliphatic rings. The molecule has 0 aliphatic heterocycles. The molecule has 3 heteroatoms. The number of halogens is 1. The predicted octanol–water partition coefficient (Wildman–Crippen LogP) is 11.6. The Labute approximate surface area is 222 Å². The van der Waals surface area contributed by atoms with Gasteiger partial charge in [-0.25, -0.2) is 0 Å². The lowest BCUT2D eigenvalue weighted by atomic mass is 9.83. The fourth-order valence-electron chi connectivity index (χ4n) is 4.64. The monoisotopic (exact) mass is 503 g/mol. The van der Waals surface area contributed by atoms with Crippen molar-refractivity contribution in [2.24, 2.45) is 11.8 Å². The lowest BCUT2D eigenvalue weighted by Crippen LogP contribution is -2.20. The van der Waals surface area contributed by atoms with Gasteiger partial charge >= 0.3 is 0 Å². The van der Waals surface area contributed by atoms with Crippen LogP contribution in [0.25, 0.3) is 0 Å². The van der Waals surface area contributed by atoms with E-state index in [4.69, 9.17) is 5.11 Å². The average Bonchev–Trinajstić information content (AvgIpc) is 2.91. The van der Waals surface area contributed by atoms with Crippen molar-refractivity contribution in [1.29, 1.82) is 0 Å². The highest BCUT2D eigenvalue weighted by Gasteiger charge is 2.21. The van der Waals surface area contributed by atoms with Gasteiger partial charge in [-0.3, -0.25) is 0 Å². The zero-order chi connectivity index (χ0) is 26.8. The van der Waals surface area contributed by atoms with Crippen LogP contribution in [0, 0.1) is 11.8 Å². The van der Waals surface area contributed by atoms with Gasteiger partial charge < -0.3 is 5.11 Å². The molecule has 2 nitrogen and oxygen atoms in total. The highest BCUT2D eigenvalue weighted by Crippen LogP contribution is 2.33. The second-order valence-corrected chi connectivity index (χ2v) is 10.1. The summed E-state index contributed by atoms with van der Waals surface area (Å²) in [5, 5.41) is 7.00. The number of hydrogen-bond donors (Lipinski definition) is 1. The topological polar surface area (TPSA) is 29.5 Å². The third-order valence-electron chi connectivity index (χ3n) is 6.55. The van der Waals surface area contributed by atoms with E-state index in [1.54, 1.807) is 5.57 Å². The quantitative estimate of drug-likeness (QED) is 0.225. The zero-order valence-corrected chi connectivity index (χ0v) is 24.8. The van der Waals surface area contributed by atoms with Crippen LogP contribution in [-0.4, -0.2) is 17.8 Å². The molecule has 0 aromatic rings.